The first kappa shape index (κ1) is 18.5. The second kappa shape index (κ2) is 8.87. The van der Waals surface area contributed by atoms with E-state index in [1.807, 2.05) is 30.3 Å². The zero-order valence-electron chi connectivity index (χ0n) is 15.0. The second-order valence-corrected chi connectivity index (χ2v) is 6.41. The Kier molecular flexibility index (Phi) is 6.30. The van der Waals surface area contributed by atoms with E-state index >= 15 is 0 Å². The van der Waals surface area contributed by atoms with Crippen molar-refractivity contribution < 1.29 is 19.0 Å². The molecule has 0 amide bonds. The number of piperazine rings is 1. The van der Waals surface area contributed by atoms with Gasteiger partial charge in [-0.1, -0.05) is 6.07 Å². The second-order valence-electron chi connectivity index (χ2n) is 6.41. The number of anilines is 1. The summed E-state index contributed by atoms with van der Waals surface area (Å²) in [5.74, 6) is 1.20. The van der Waals surface area contributed by atoms with Crippen molar-refractivity contribution in [3.05, 3.63) is 54.3 Å². The van der Waals surface area contributed by atoms with E-state index in [1.165, 1.54) is 12.1 Å². The first-order chi connectivity index (χ1) is 12.6. The lowest BCUT2D eigenvalue weighted by Crippen LogP contribution is -2.49. The summed E-state index contributed by atoms with van der Waals surface area (Å²) < 4.78 is 23.8. The summed E-state index contributed by atoms with van der Waals surface area (Å²) in [7, 11) is 1.61. The molecule has 1 saturated heterocycles. The van der Waals surface area contributed by atoms with Crippen molar-refractivity contribution in [2.75, 3.05) is 51.3 Å². The molecule has 1 N–H and O–H groups in total. The van der Waals surface area contributed by atoms with Crippen LogP contribution >= 0.6 is 0 Å². The minimum atomic E-state index is -0.557. The smallest absolute Gasteiger partial charge is 0.123 e. The first-order valence-electron chi connectivity index (χ1n) is 8.82. The van der Waals surface area contributed by atoms with Gasteiger partial charge in [-0.05, 0) is 36.4 Å². The standard InChI is InChI=1S/C20H25FN2O3/c1-25-19-3-2-4-20(13-19)26-15-18(24)14-22-9-11-23(12-10-22)17-7-5-16(21)6-8-17/h2-8,13,18,24H,9-12,14-15H2,1H3/t18-/m1/s1. The van der Waals surface area contributed by atoms with Crippen molar-refractivity contribution in [3.63, 3.8) is 0 Å². The molecule has 2 aromatic rings. The zero-order chi connectivity index (χ0) is 18.4. The van der Waals surface area contributed by atoms with Crippen LogP contribution in [0.15, 0.2) is 48.5 Å². The number of ether oxygens (including phenoxy) is 2. The van der Waals surface area contributed by atoms with Crippen molar-refractivity contribution >= 4 is 5.69 Å². The topological polar surface area (TPSA) is 45.2 Å². The molecule has 1 atom stereocenters. The average Bonchev–Trinajstić information content (AvgIpc) is 2.68. The molecule has 5 nitrogen and oxygen atoms in total. The molecule has 1 aliphatic heterocycles. The van der Waals surface area contributed by atoms with Crippen LogP contribution in [-0.4, -0.2) is 62.6 Å². The number of halogens is 1. The molecule has 140 valence electrons. The fourth-order valence-electron chi connectivity index (χ4n) is 3.07. The van der Waals surface area contributed by atoms with E-state index in [-0.39, 0.29) is 12.4 Å². The molecule has 0 aromatic heterocycles. The molecule has 26 heavy (non-hydrogen) atoms. The quantitative estimate of drug-likeness (QED) is 0.822. The monoisotopic (exact) mass is 360 g/mol. The maximum Gasteiger partial charge on any atom is 0.123 e. The highest BCUT2D eigenvalue weighted by Crippen LogP contribution is 2.19. The van der Waals surface area contributed by atoms with Gasteiger partial charge in [0.2, 0.25) is 0 Å². The molecule has 0 saturated carbocycles. The number of nitrogens with zero attached hydrogens (tertiary/aromatic N) is 2. The molecule has 0 radical (unpaired) electrons. The Morgan fingerprint density at radius 3 is 2.42 bits per heavy atom. The summed E-state index contributed by atoms with van der Waals surface area (Å²) in [6.45, 7) is 4.23. The number of methoxy groups -OCH3 is 1. The van der Waals surface area contributed by atoms with E-state index in [9.17, 15) is 9.50 Å². The van der Waals surface area contributed by atoms with E-state index in [2.05, 4.69) is 9.80 Å². The molecular formula is C20H25FN2O3. The summed E-state index contributed by atoms with van der Waals surface area (Å²) in [4.78, 5) is 4.45. The number of aliphatic hydroxyl groups excluding tert-OH is 1. The van der Waals surface area contributed by atoms with Crippen molar-refractivity contribution in [2.45, 2.75) is 6.10 Å². The van der Waals surface area contributed by atoms with Gasteiger partial charge in [-0.15, -0.1) is 0 Å². The van der Waals surface area contributed by atoms with Crippen LogP contribution in [0.5, 0.6) is 11.5 Å². The predicted molar refractivity (Wildman–Crippen MR) is 99.5 cm³/mol. The Balaban J connectivity index is 1.41. The lowest BCUT2D eigenvalue weighted by Gasteiger charge is -2.36. The maximum absolute atomic E-state index is 13.0. The average molecular weight is 360 g/mol. The van der Waals surface area contributed by atoms with Gasteiger partial charge >= 0.3 is 0 Å². The Morgan fingerprint density at radius 1 is 1.04 bits per heavy atom. The summed E-state index contributed by atoms with van der Waals surface area (Å²) >= 11 is 0. The lowest BCUT2D eigenvalue weighted by molar-refractivity contribution is 0.0662. The fourth-order valence-corrected chi connectivity index (χ4v) is 3.07. The third kappa shape index (κ3) is 5.09. The Labute approximate surface area is 153 Å². The van der Waals surface area contributed by atoms with Gasteiger partial charge in [0.15, 0.2) is 0 Å². The van der Waals surface area contributed by atoms with Crippen LogP contribution in [-0.2, 0) is 0 Å². The minimum absolute atomic E-state index is 0.216. The Morgan fingerprint density at radius 2 is 1.73 bits per heavy atom. The molecule has 0 spiro atoms. The van der Waals surface area contributed by atoms with E-state index in [4.69, 9.17) is 9.47 Å². The van der Waals surface area contributed by atoms with Gasteiger partial charge in [0.05, 0.1) is 7.11 Å². The summed E-state index contributed by atoms with van der Waals surface area (Å²) in [5, 5.41) is 10.2. The van der Waals surface area contributed by atoms with E-state index in [0.29, 0.717) is 12.3 Å². The molecule has 1 fully saturated rings. The molecule has 0 bridgehead atoms. The number of aliphatic hydroxyl groups is 1. The predicted octanol–water partition coefficient (Wildman–Crippen LogP) is 2.40. The summed E-state index contributed by atoms with van der Waals surface area (Å²) in [6, 6.07) is 13.9. The van der Waals surface area contributed by atoms with Crippen LogP contribution < -0.4 is 14.4 Å². The lowest BCUT2D eigenvalue weighted by atomic mass is 10.2. The van der Waals surface area contributed by atoms with Gasteiger partial charge < -0.3 is 19.5 Å². The first-order valence-corrected chi connectivity index (χ1v) is 8.82. The molecule has 0 aliphatic carbocycles. The van der Waals surface area contributed by atoms with Crippen molar-refractivity contribution in [3.8, 4) is 11.5 Å². The number of benzene rings is 2. The molecule has 1 aliphatic rings. The largest absolute Gasteiger partial charge is 0.497 e. The molecule has 2 aromatic carbocycles. The summed E-state index contributed by atoms with van der Waals surface area (Å²) in [5.41, 5.74) is 1.04. The molecule has 6 heteroatoms. The highest BCUT2D eigenvalue weighted by atomic mass is 19.1. The van der Waals surface area contributed by atoms with Crippen LogP contribution in [0, 0.1) is 5.82 Å². The van der Waals surface area contributed by atoms with Gasteiger partial charge in [0.25, 0.3) is 0 Å². The minimum Gasteiger partial charge on any atom is -0.497 e. The number of hydrogen-bond donors (Lipinski definition) is 1. The number of β-amino-alcohol motifs (C(OH)–C–C–N with tert-alkyl or cyclic N) is 1. The zero-order valence-corrected chi connectivity index (χ0v) is 15.0. The summed E-state index contributed by atoms with van der Waals surface area (Å²) in [6.07, 6.45) is -0.557. The molecular weight excluding hydrogens is 335 g/mol. The number of rotatable bonds is 7. The van der Waals surface area contributed by atoms with Crippen LogP contribution in [0.4, 0.5) is 10.1 Å². The van der Waals surface area contributed by atoms with Crippen LogP contribution in [0.1, 0.15) is 0 Å². The third-order valence-corrected chi connectivity index (χ3v) is 4.52. The Bertz CT molecular complexity index is 688. The van der Waals surface area contributed by atoms with Crippen molar-refractivity contribution in [1.29, 1.82) is 0 Å². The van der Waals surface area contributed by atoms with Crippen molar-refractivity contribution in [1.82, 2.24) is 4.90 Å². The normalized spacial score (nSPS) is 16.3. The molecule has 0 unspecified atom stereocenters. The Hall–Kier alpha value is -2.31. The van der Waals surface area contributed by atoms with Crippen LogP contribution in [0.25, 0.3) is 0 Å². The van der Waals surface area contributed by atoms with Gasteiger partial charge in [-0.25, -0.2) is 4.39 Å². The van der Waals surface area contributed by atoms with Gasteiger partial charge in [-0.2, -0.15) is 0 Å². The van der Waals surface area contributed by atoms with Gasteiger partial charge in [0, 0.05) is 44.5 Å². The van der Waals surface area contributed by atoms with E-state index in [0.717, 1.165) is 37.6 Å². The fraction of sp³-hybridized carbons (Fsp3) is 0.400. The highest BCUT2D eigenvalue weighted by molar-refractivity contribution is 5.46. The van der Waals surface area contributed by atoms with Gasteiger partial charge in [-0.3, -0.25) is 4.90 Å². The SMILES string of the molecule is COc1cccc(OC[C@H](O)CN2CCN(c3ccc(F)cc3)CC2)c1. The van der Waals surface area contributed by atoms with E-state index < -0.39 is 6.10 Å². The van der Waals surface area contributed by atoms with Crippen LogP contribution in [0.3, 0.4) is 0 Å². The molecule has 1 heterocycles. The van der Waals surface area contributed by atoms with Crippen molar-refractivity contribution in [2.24, 2.45) is 0 Å². The van der Waals surface area contributed by atoms with E-state index in [1.54, 1.807) is 13.2 Å². The van der Waals surface area contributed by atoms with Gasteiger partial charge in [0.1, 0.15) is 30.0 Å². The van der Waals surface area contributed by atoms with Crippen LogP contribution in [0.2, 0.25) is 0 Å². The number of hydrogen-bond acceptors (Lipinski definition) is 5. The third-order valence-electron chi connectivity index (χ3n) is 4.52. The molecule has 3 rings (SSSR count). The maximum atomic E-state index is 13.0. The highest BCUT2D eigenvalue weighted by Gasteiger charge is 2.19.